The average Bonchev–Trinajstić information content (AvgIpc) is 3.09. The first-order chi connectivity index (χ1) is 23.9. The minimum atomic E-state index is -4.34. The highest BCUT2D eigenvalue weighted by Crippen LogP contribution is 2.43. The molecule has 49 heavy (non-hydrogen) atoms. The number of nitrogens with two attached hydrogens (primary N) is 1. The van der Waals surface area contributed by atoms with Crippen LogP contribution >= 0.6 is 7.82 Å². The molecule has 0 spiro atoms. The van der Waals surface area contributed by atoms with Gasteiger partial charge in [-0.15, -0.1) is 0 Å². The molecule has 9 heteroatoms. The second-order valence-electron chi connectivity index (χ2n) is 13.5. The van der Waals surface area contributed by atoms with Gasteiger partial charge < -0.3 is 21.1 Å². The van der Waals surface area contributed by atoms with Crippen molar-refractivity contribution in [1.29, 1.82) is 0 Å². The molecule has 5 N–H and O–H groups in total. The highest BCUT2D eigenvalue weighted by Gasteiger charge is 2.26. The number of hydrogen-bond donors (Lipinski definition) is 4. The average molecular weight is 713 g/mol. The van der Waals surface area contributed by atoms with Crippen molar-refractivity contribution in [3.8, 4) is 0 Å². The predicted molar refractivity (Wildman–Crippen MR) is 208 cm³/mol. The van der Waals surface area contributed by atoms with E-state index in [-0.39, 0.29) is 25.7 Å². The number of hydrogen-bond acceptors (Lipinski definition) is 6. The standard InChI is InChI=1S/C40H77N2O6P/c1-3-5-7-9-11-13-15-17-18-19-20-21-22-24-26-28-30-32-34-40(44)42-38(37-48-49(45,46)47-36-35-41)39(43)33-31-29-27-25-23-16-14-12-10-8-6-4-2/h10,12,23,25,31,33,38-39,43H,3-9,11,13-22,24,26-30,32,34-37,41H2,1-2H3,(H,42,44)(H,45,46)/b12-10+,25-23+,33-31+. The zero-order valence-electron chi connectivity index (χ0n) is 31.7. The molecule has 0 aliphatic carbocycles. The number of allylic oxidation sites excluding steroid dienone is 5. The van der Waals surface area contributed by atoms with Crippen LogP contribution in [0.3, 0.4) is 0 Å². The summed E-state index contributed by atoms with van der Waals surface area (Å²) >= 11 is 0. The Morgan fingerprint density at radius 2 is 1.08 bits per heavy atom. The molecule has 0 bridgehead atoms. The zero-order chi connectivity index (χ0) is 36.1. The van der Waals surface area contributed by atoms with Gasteiger partial charge in [0.05, 0.1) is 25.4 Å². The van der Waals surface area contributed by atoms with Crippen molar-refractivity contribution in [2.75, 3.05) is 19.8 Å². The van der Waals surface area contributed by atoms with Crippen molar-refractivity contribution >= 4 is 13.7 Å². The third kappa shape index (κ3) is 34.9. The Balaban J connectivity index is 4.25. The topological polar surface area (TPSA) is 131 Å². The number of unbranched alkanes of at least 4 members (excludes halogenated alkanes) is 21. The van der Waals surface area contributed by atoms with Crippen LogP contribution in [0.25, 0.3) is 0 Å². The Labute approximate surface area is 301 Å². The van der Waals surface area contributed by atoms with Crippen molar-refractivity contribution in [1.82, 2.24) is 5.32 Å². The molecule has 288 valence electrons. The quantitative estimate of drug-likeness (QED) is 0.0286. The van der Waals surface area contributed by atoms with Gasteiger partial charge in [0.1, 0.15) is 0 Å². The number of phosphoric ester groups is 1. The summed E-state index contributed by atoms with van der Waals surface area (Å²) in [6, 6.07) is -0.878. The van der Waals surface area contributed by atoms with Crippen LogP contribution in [0.4, 0.5) is 0 Å². The van der Waals surface area contributed by atoms with Gasteiger partial charge in [-0.2, -0.15) is 0 Å². The van der Waals surface area contributed by atoms with E-state index in [1.807, 2.05) is 6.08 Å². The molecule has 0 aromatic heterocycles. The van der Waals surface area contributed by atoms with Crippen molar-refractivity contribution < 1.29 is 28.4 Å². The van der Waals surface area contributed by atoms with Gasteiger partial charge in [0, 0.05) is 13.0 Å². The van der Waals surface area contributed by atoms with Gasteiger partial charge in [0.15, 0.2) is 0 Å². The van der Waals surface area contributed by atoms with E-state index in [4.69, 9.17) is 14.8 Å². The monoisotopic (exact) mass is 713 g/mol. The fourth-order valence-electron chi connectivity index (χ4n) is 5.62. The summed E-state index contributed by atoms with van der Waals surface area (Å²) in [5, 5.41) is 13.6. The molecule has 0 rings (SSSR count). The van der Waals surface area contributed by atoms with E-state index >= 15 is 0 Å². The maximum atomic E-state index is 12.7. The van der Waals surface area contributed by atoms with Gasteiger partial charge >= 0.3 is 7.82 Å². The Kier molecular flexibility index (Phi) is 35.6. The van der Waals surface area contributed by atoms with Gasteiger partial charge in [-0.1, -0.05) is 172 Å². The molecular weight excluding hydrogens is 635 g/mol. The van der Waals surface area contributed by atoms with Crippen LogP contribution in [0.1, 0.15) is 181 Å². The second kappa shape index (κ2) is 36.5. The van der Waals surface area contributed by atoms with E-state index in [1.165, 1.54) is 109 Å². The highest BCUT2D eigenvalue weighted by molar-refractivity contribution is 7.47. The van der Waals surface area contributed by atoms with Crippen LogP contribution in [0.5, 0.6) is 0 Å². The van der Waals surface area contributed by atoms with Crippen LogP contribution in [-0.4, -0.2) is 47.8 Å². The van der Waals surface area contributed by atoms with Gasteiger partial charge in [-0.05, 0) is 38.5 Å². The van der Waals surface area contributed by atoms with Crippen molar-refractivity contribution in [3.05, 3.63) is 36.5 Å². The number of aliphatic hydroxyl groups excluding tert-OH is 1. The number of aliphatic hydroxyl groups is 1. The number of amides is 1. The molecule has 3 atom stereocenters. The molecule has 0 radical (unpaired) electrons. The Morgan fingerprint density at radius 3 is 1.55 bits per heavy atom. The minimum Gasteiger partial charge on any atom is -0.387 e. The van der Waals surface area contributed by atoms with Gasteiger partial charge in [0.25, 0.3) is 0 Å². The van der Waals surface area contributed by atoms with E-state index in [9.17, 15) is 19.4 Å². The second-order valence-corrected chi connectivity index (χ2v) is 14.9. The van der Waals surface area contributed by atoms with E-state index in [0.717, 1.165) is 51.4 Å². The molecule has 0 aliphatic heterocycles. The van der Waals surface area contributed by atoms with Crippen LogP contribution in [0.15, 0.2) is 36.5 Å². The first-order valence-electron chi connectivity index (χ1n) is 20.1. The van der Waals surface area contributed by atoms with Crippen molar-refractivity contribution in [2.24, 2.45) is 5.73 Å². The van der Waals surface area contributed by atoms with Gasteiger partial charge in [-0.3, -0.25) is 13.8 Å². The molecule has 0 aliphatic rings. The van der Waals surface area contributed by atoms with Gasteiger partial charge in [0.2, 0.25) is 5.91 Å². The number of carbonyl (C=O) groups is 1. The fourth-order valence-corrected chi connectivity index (χ4v) is 6.38. The smallest absolute Gasteiger partial charge is 0.387 e. The maximum Gasteiger partial charge on any atom is 0.472 e. The zero-order valence-corrected chi connectivity index (χ0v) is 32.6. The third-order valence-corrected chi connectivity index (χ3v) is 9.68. The molecule has 0 saturated carbocycles. The molecule has 0 aromatic carbocycles. The van der Waals surface area contributed by atoms with Gasteiger partial charge in [-0.25, -0.2) is 4.57 Å². The SMILES string of the molecule is CCCC/C=C/CC/C=C/CC/C=C/C(O)C(COP(=O)(O)OCCN)NC(=O)CCCCCCCCCCCCCCCCCCCC. The third-order valence-electron chi connectivity index (χ3n) is 8.70. The summed E-state index contributed by atoms with van der Waals surface area (Å²) in [5.41, 5.74) is 5.35. The molecule has 3 unspecified atom stereocenters. The van der Waals surface area contributed by atoms with Crippen LogP contribution in [0, 0.1) is 0 Å². The van der Waals surface area contributed by atoms with Crippen LogP contribution < -0.4 is 11.1 Å². The summed E-state index contributed by atoms with van der Waals surface area (Å²) < 4.78 is 22.0. The first-order valence-corrected chi connectivity index (χ1v) is 21.6. The first kappa shape index (κ1) is 47.7. The largest absolute Gasteiger partial charge is 0.472 e. The number of rotatable bonds is 37. The van der Waals surface area contributed by atoms with Crippen LogP contribution in [-0.2, 0) is 18.4 Å². The normalized spacial score (nSPS) is 14.6. The molecule has 0 fully saturated rings. The molecule has 0 heterocycles. The minimum absolute atomic E-state index is 0.0724. The summed E-state index contributed by atoms with van der Waals surface area (Å²) in [7, 11) is -4.34. The summed E-state index contributed by atoms with van der Waals surface area (Å²) in [6.45, 7) is 4.05. The lowest BCUT2D eigenvalue weighted by Gasteiger charge is -2.23. The summed E-state index contributed by atoms with van der Waals surface area (Å²) in [5.74, 6) is -0.208. The van der Waals surface area contributed by atoms with Crippen LogP contribution in [0.2, 0.25) is 0 Å². The summed E-state index contributed by atoms with van der Waals surface area (Å²) in [6.07, 6.45) is 42.0. The Bertz CT molecular complexity index is 866. The lowest BCUT2D eigenvalue weighted by molar-refractivity contribution is -0.123. The van der Waals surface area contributed by atoms with Crippen molar-refractivity contribution in [2.45, 2.75) is 193 Å². The molecule has 8 nitrogen and oxygen atoms in total. The summed E-state index contributed by atoms with van der Waals surface area (Å²) in [4.78, 5) is 22.6. The fraction of sp³-hybridized carbons (Fsp3) is 0.825. The Morgan fingerprint density at radius 1 is 0.653 bits per heavy atom. The molecule has 0 saturated heterocycles. The lowest BCUT2D eigenvalue weighted by atomic mass is 10.0. The molecular formula is C40H77N2O6P. The van der Waals surface area contributed by atoms with Crippen molar-refractivity contribution in [3.63, 3.8) is 0 Å². The molecule has 1 amide bonds. The van der Waals surface area contributed by atoms with E-state index in [2.05, 4.69) is 43.5 Å². The number of nitrogens with one attached hydrogen (secondary N) is 1. The predicted octanol–water partition coefficient (Wildman–Crippen LogP) is 10.8. The highest BCUT2D eigenvalue weighted by atomic mass is 31.2. The Hall–Kier alpha value is -1.28. The lowest BCUT2D eigenvalue weighted by Crippen LogP contribution is -2.45. The number of phosphoric acid groups is 1. The maximum absolute atomic E-state index is 12.7. The molecule has 0 aromatic rings. The van der Waals surface area contributed by atoms with E-state index in [1.54, 1.807) is 6.08 Å². The number of carbonyl (C=O) groups excluding carboxylic acids is 1. The van der Waals surface area contributed by atoms with E-state index < -0.39 is 20.0 Å². The van der Waals surface area contributed by atoms with E-state index in [0.29, 0.717) is 6.42 Å².